The first-order chi connectivity index (χ1) is 14.1. The van der Waals surface area contributed by atoms with E-state index in [1.54, 1.807) is 26.0 Å². The molecule has 8 heteroatoms. The van der Waals surface area contributed by atoms with Crippen molar-refractivity contribution in [2.75, 3.05) is 14.2 Å². The Kier molecular flexibility index (Phi) is 5.54. The predicted molar refractivity (Wildman–Crippen MR) is 111 cm³/mol. The predicted octanol–water partition coefficient (Wildman–Crippen LogP) is 3.30. The molecule has 1 aromatic heterocycles. The van der Waals surface area contributed by atoms with Crippen LogP contribution in [0.1, 0.15) is 25.8 Å². The zero-order valence-electron chi connectivity index (χ0n) is 17.1. The van der Waals surface area contributed by atoms with Crippen molar-refractivity contribution in [2.24, 2.45) is 0 Å². The SMILES string of the molecule is COc1c(O)cc2oc(-c3ccc(O)c(CCC(C)(C)O)c3)c(OC)c(=O)c2c1O. The number of rotatable bonds is 6. The van der Waals surface area contributed by atoms with Gasteiger partial charge < -0.3 is 34.3 Å². The van der Waals surface area contributed by atoms with Gasteiger partial charge in [-0.05, 0) is 50.5 Å². The third-order valence-electron chi connectivity index (χ3n) is 4.81. The Labute approximate surface area is 172 Å². The van der Waals surface area contributed by atoms with Gasteiger partial charge in [0.25, 0.3) is 0 Å². The van der Waals surface area contributed by atoms with E-state index in [4.69, 9.17) is 13.9 Å². The van der Waals surface area contributed by atoms with Crippen LogP contribution in [-0.2, 0) is 6.42 Å². The maximum absolute atomic E-state index is 13.0. The highest BCUT2D eigenvalue weighted by Gasteiger charge is 2.24. The summed E-state index contributed by atoms with van der Waals surface area (Å²) >= 11 is 0. The first-order valence-corrected chi connectivity index (χ1v) is 9.25. The molecule has 1 heterocycles. The van der Waals surface area contributed by atoms with Crippen molar-refractivity contribution in [3.05, 3.63) is 40.1 Å². The summed E-state index contributed by atoms with van der Waals surface area (Å²) in [6, 6.07) is 5.82. The van der Waals surface area contributed by atoms with Crippen LogP contribution in [0.5, 0.6) is 28.7 Å². The number of fused-ring (bicyclic) bond motifs is 1. The highest BCUT2D eigenvalue weighted by Crippen LogP contribution is 2.43. The Balaban J connectivity index is 2.23. The fourth-order valence-electron chi connectivity index (χ4n) is 3.23. The molecule has 0 aliphatic carbocycles. The van der Waals surface area contributed by atoms with Crippen LogP contribution in [0.4, 0.5) is 0 Å². The van der Waals surface area contributed by atoms with Crippen molar-refractivity contribution in [1.82, 2.24) is 0 Å². The second-order valence-electron chi connectivity index (χ2n) is 7.60. The minimum absolute atomic E-state index is 0.0464. The van der Waals surface area contributed by atoms with Gasteiger partial charge in [0.1, 0.15) is 16.7 Å². The van der Waals surface area contributed by atoms with Gasteiger partial charge >= 0.3 is 0 Å². The summed E-state index contributed by atoms with van der Waals surface area (Å²) in [4.78, 5) is 13.0. The first kappa shape index (κ1) is 21.3. The maximum atomic E-state index is 13.0. The maximum Gasteiger partial charge on any atom is 0.239 e. The molecule has 0 saturated carbocycles. The van der Waals surface area contributed by atoms with Crippen LogP contribution in [0, 0.1) is 0 Å². The molecule has 0 bridgehead atoms. The Bertz CT molecular complexity index is 1150. The molecule has 0 spiro atoms. The van der Waals surface area contributed by atoms with Gasteiger partial charge in [-0.25, -0.2) is 0 Å². The van der Waals surface area contributed by atoms with Gasteiger partial charge in [-0.1, -0.05) is 0 Å². The molecule has 2 aromatic carbocycles. The Morgan fingerprint density at radius 2 is 1.67 bits per heavy atom. The average Bonchev–Trinajstić information content (AvgIpc) is 2.66. The van der Waals surface area contributed by atoms with Gasteiger partial charge in [-0.15, -0.1) is 0 Å². The van der Waals surface area contributed by atoms with Gasteiger partial charge in [-0.2, -0.15) is 0 Å². The van der Waals surface area contributed by atoms with E-state index < -0.39 is 22.5 Å². The standard InChI is InChI=1S/C22H24O8/c1-22(2,27)8-7-11-9-12(5-6-13(11)23)19-21(29-4)18(26)16-15(30-19)10-14(24)20(28-3)17(16)25/h5-6,9-10,23-25,27H,7-8H2,1-4H3. The number of phenolic OH excluding ortho intramolecular Hbond substituents is 3. The van der Waals surface area contributed by atoms with Crippen LogP contribution >= 0.6 is 0 Å². The van der Waals surface area contributed by atoms with Crippen molar-refractivity contribution < 1.29 is 34.3 Å². The molecule has 0 unspecified atom stereocenters. The fourth-order valence-corrected chi connectivity index (χ4v) is 3.23. The number of hydrogen-bond donors (Lipinski definition) is 4. The van der Waals surface area contributed by atoms with Crippen LogP contribution in [-0.4, -0.2) is 40.2 Å². The molecule has 0 radical (unpaired) electrons. The number of hydrogen-bond acceptors (Lipinski definition) is 8. The number of ether oxygens (including phenoxy) is 2. The van der Waals surface area contributed by atoms with Crippen LogP contribution in [0.15, 0.2) is 33.5 Å². The highest BCUT2D eigenvalue weighted by atomic mass is 16.5. The number of aryl methyl sites for hydroxylation is 1. The summed E-state index contributed by atoms with van der Waals surface area (Å²) in [6.45, 7) is 3.35. The molecule has 0 atom stereocenters. The Morgan fingerprint density at radius 1 is 1.00 bits per heavy atom. The van der Waals surface area contributed by atoms with Crippen LogP contribution in [0.2, 0.25) is 0 Å². The molecule has 8 nitrogen and oxygen atoms in total. The van der Waals surface area contributed by atoms with E-state index in [1.807, 2.05) is 0 Å². The van der Waals surface area contributed by atoms with Gasteiger partial charge in [0, 0.05) is 11.6 Å². The minimum Gasteiger partial charge on any atom is -0.508 e. The topological polar surface area (TPSA) is 130 Å². The largest absolute Gasteiger partial charge is 0.508 e. The summed E-state index contributed by atoms with van der Waals surface area (Å²) in [7, 11) is 2.55. The van der Waals surface area contributed by atoms with Crippen molar-refractivity contribution in [2.45, 2.75) is 32.3 Å². The number of methoxy groups -OCH3 is 2. The highest BCUT2D eigenvalue weighted by molar-refractivity contribution is 5.91. The second kappa shape index (κ2) is 7.79. The van der Waals surface area contributed by atoms with Gasteiger partial charge in [0.15, 0.2) is 17.3 Å². The molecular weight excluding hydrogens is 392 g/mol. The Hall–Kier alpha value is -3.39. The molecule has 0 fully saturated rings. The first-order valence-electron chi connectivity index (χ1n) is 9.25. The number of aromatic hydroxyl groups is 3. The molecule has 3 aromatic rings. The molecule has 0 saturated heterocycles. The quantitative estimate of drug-likeness (QED) is 0.482. The molecular formula is C22H24O8. The third-order valence-corrected chi connectivity index (χ3v) is 4.81. The van der Waals surface area contributed by atoms with Crippen LogP contribution < -0.4 is 14.9 Å². The molecule has 4 N–H and O–H groups in total. The van der Waals surface area contributed by atoms with E-state index in [9.17, 15) is 25.2 Å². The monoisotopic (exact) mass is 416 g/mol. The summed E-state index contributed by atoms with van der Waals surface area (Å²) in [5.74, 6) is -1.22. The molecule has 3 rings (SSSR count). The normalized spacial score (nSPS) is 11.6. The zero-order valence-corrected chi connectivity index (χ0v) is 17.1. The minimum atomic E-state index is -0.913. The van der Waals surface area contributed by atoms with E-state index in [2.05, 4.69) is 0 Å². The van der Waals surface area contributed by atoms with Crippen molar-refractivity contribution >= 4 is 11.0 Å². The van der Waals surface area contributed by atoms with E-state index in [0.717, 1.165) is 0 Å². The van der Waals surface area contributed by atoms with Crippen molar-refractivity contribution in [1.29, 1.82) is 0 Å². The molecule has 0 aliphatic rings. The van der Waals surface area contributed by atoms with Crippen LogP contribution in [0.3, 0.4) is 0 Å². The summed E-state index contributed by atoms with van der Waals surface area (Å²) in [5, 5.41) is 40.4. The smallest absolute Gasteiger partial charge is 0.239 e. The zero-order chi connectivity index (χ0) is 22.2. The fraction of sp³-hybridized carbons (Fsp3) is 0.318. The lowest BCUT2D eigenvalue weighted by Crippen LogP contribution is -2.19. The lowest BCUT2D eigenvalue weighted by Gasteiger charge is -2.17. The van der Waals surface area contributed by atoms with Gasteiger partial charge in [0.2, 0.25) is 16.9 Å². The number of aliphatic hydroxyl groups is 1. The van der Waals surface area contributed by atoms with E-state index >= 15 is 0 Å². The summed E-state index contributed by atoms with van der Waals surface area (Å²) in [5.41, 5.74) is -0.610. The molecule has 0 aliphatic heterocycles. The van der Waals surface area contributed by atoms with E-state index in [1.165, 1.54) is 26.4 Å². The number of benzene rings is 2. The lowest BCUT2D eigenvalue weighted by molar-refractivity contribution is 0.0712. The summed E-state index contributed by atoms with van der Waals surface area (Å²) < 4.78 is 16.0. The molecule has 160 valence electrons. The van der Waals surface area contributed by atoms with Gasteiger partial charge in [-0.3, -0.25) is 4.79 Å². The molecule has 30 heavy (non-hydrogen) atoms. The Morgan fingerprint density at radius 3 is 2.27 bits per heavy atom. The van der Waals surface area contributed by atoms with Crippen molar-refractivity contribution in [3.8, 4) is 40.1 Å². The van der Waals surface area contributed by atoms with Crippen molar-refractivity contribution in [3.63, 3.8) is 0 Å². The lowest BCUT2D eigenvalue weighted by atomic mass is 9.96. The summed E-state index contributed by atoms with van der Waals surface area (Å²) in [6.07, 6.45) is 0.798. The van der Waals surface area contributed by atoms with E-state index in [0.29, 0.717) is 24.0 Å². The molecule has 0 amide bonds. The third kappa shape index (κ3) is 3.86. The average molecular weight is 416 g/mol. The second-order valence-corrected chi connectivity index (χ2v) is 7.60. The van der Waals surface area contributed by atoms with Crippen LogP contribution in [0.25, 0.3) is 22.3 Å². The number of phenols is 3. The van der Waals surface area contributed by atoms with E-state index in [-0.39, 0.29) is 34.0 Å². The van der Waals surface area contributed by atoms with Gasteiger partial charge in [0.05, 0.1) is 19.8 Å².